The standard InChI is InChI=1S/C16H23ClFN/c1-2-11-4-3-5-13(8-11)16(19)9-12-6-7-14(18)10-15(12)17/h6-7,10-11,13,16H,2-5,8-9,19H2,1H3. The third-order valence-electron chi connectivity index (χ3n) is 4.48. The molecule has 1 fully saturated rings. The molecule has 2 rings (SSSR count). The van der Waals surface area contributed by atoms with E-state index in [0.29, 0.717) is 10.9 Å². The van der Waals surface area contributed by atoms with Crippen molar-refractivity contribution >= 4 is 11.6 Å². The van der Waals surface area contributed by atoms with Gasteiger partial charge in [-0.05, 0) is 48.8 Å². The highest BCUT2D eigenvalue weighted by molar-refractivity contribution is 6.31. The second-order valence-corrected chi connectivity index (χ2v) is 6.21. The quantitative estimate of drug-likeness (QED) is 0.861. The smallest absolute Gasteiger partial charge is 0.124 e. The summed E-state index contributed by atoms with van der Waals surface area (Å²) >= 11 is 6.07. The molecular formula is C16H23ClFN. The fourth-order valence-corrected chi connectivity index (χ4v) is 3.44. The fourth-order valence-electron chi connectivity index (χ4n) is 3.20. The predicted octanol–water partition coefficient (Wildman–Crippen LogP) is 4.57. The second kappa shape index (κ2) is 6.71. The van der Waals surface area contributed by atoms with Crippen LogP contribution in [0.1, 0.15) is 44.6 Å². The van der Waals surface area contributed by atoms with Gasteiger partial charge in [0, 0.05) is 11.1 Å². The van der Waals surface area contributed by atoms with Crippen LogP contribution >= 0.6 is 11.6 Å². The summed E-state index contributed by atoms with van der Waals surface area (Å²) in [6.45, 7) is 2.26. The number of hydrogen-bond donors (Lipinski definition) is 1. The lowest BCUT2D eigenvalue weighted by atomic mass is 9.76. The summed E-state index contributed by atoms with van der Waals surface area (Å²) in [5, 5.41) is 0.498. The molecule has 0 heterocycles. The number of benzene rings is 1. The van der Waals surface area contributed by atoms with Gasteiger partial charge in [-0.15, -0.1) is 0 Å². The molecule has 0 aliphatic heterocycles. The van der Waals surface area contributed by atoms with Gasteiger partial charge in [0.25, 0.3) is 0 Å². The molecule has 2 N–H and O–H groups in total. The first-order chi connectivity index (χ1) is 9.10. The highest BCUT2D eigenvalue weighted by Gasteiger charge is 2.26. The highest BCUT2D eigenvalue weighted by atomic mass is 35.5. The molecule has 1 aliphatic carbocycles. The van der Waals surface area contributed by atoms with E-state index in [1.807, 2.05) is 0 Å². The molecule has 19 heavy (non-hydrogen) atoms. The van der Waals surface area contributed by atoms with Gasteiger partial charge in [0.05, 0.1) is 0 Å². The molecule has 3 heteroatoms. The molecule has 3 unspecified atom stereocenters. The lowest BCUT2D eigenvalue weighted by Gasteiger charge is -2.32. The third kappa shape index (κ3) is 3.93. The Labute approximate surface area is 120 Å². The van der Waals surface area contributed by atoms with Crippen molar-refractivity contribution in [2.45, 2.75) is 51.5 Å². The van der Waals surface area contributed by atoms with Crippen molar-refractivity contribution in [1.82, 2.24) is 0 Å². The van der Waals surface area contributed by atoms with Crippen LogP contribution in [0.25, 0.3) is 0 Å². The molecule has 1 aromatic rings. The Morgan fingerprint density at radius 1 is 1.42 bits per heavy atom. The molecule has 0 spiro atoms. The Morgan fingerprint density at radius 2 is 2.21 bits per heavy atom. The average molecular weight is 284 g/mol. The zero-order chi connectivity index (χ0) is 13.8. The molecule has 1 saturated carbocycles. The lowest BCUT2D eigenvalue weighted by Crippen LogP contribution is -2.35. The van der Waals surface area contributed by atoms with Crippen LogP contribution in [0.15, 0.2) is 18.2 Å². The molecule has 0 bridgehead atoms. The minimum Gasteiger partial charge on any atom is -0.327 e. The predicted molar refractivity (Wildman–Crippen MR) is 78.8 cm³/mol. The molecule has 1 aromatic carbocycles. The maximum Gasteiger partial charge on any atom is 0.124 e. The minimum atomic E-state index is -0.286. The summed E-state index contributed by atoms with van der Waals surface area (Å²) in [6, 6.07) is 4.73. The van der Waals surface area contributed by atoms with E-state index in [0.717, 1.165) is 17.9 Å². The van der Waals surface area contributed by atoms with E-state index >= 15 is 0 Å². The maximum absolute atomic E-state index is 13.0. The van der Waals surface area contributed by atoms with Crippen LogP contribution in [0.2, 0.25) is 5.02 Å². The van der Waals surface area contributed by atoms with E-state index in [-0.39, 0.29) is 11.9 Å². The van der Waals surface area contributed by atoms with E-state index in [9.17, 15) is 4.39 Å². The van der Waals surface area contributed by atoms with E-state index in [4.69, 9.17) is 17.3 Å². The summed E-state index contributed by atoms with van der Waals surface area (Å²) in [5.41, 5.74) is 7.32. The first-order valence-electron chi connectivity index (χ1n) is 7.29. The van der Waals surface area contributed by atoms with Crippen LogP contribution in [0.3, 0.4) is 0 Å². The molecule has 0 aromatic heterocycles. The fraction of sp³-hybridized carbons (Fsp3) is 0.625. The summed E-state index contributed by atoms with van der Waals surface area (Å²) in [5.74, 6) is 1.12. The SMILES string of the molecule is CCC1CCCC(C(N)Cc2ccc(F)cc2Cl)C1. The summed E-state index contributed by atoms with van der Waals surface area (Å²) in [4.78, 5) is 0. The maximum atomic E-state index is 13.0. The van der Waals surface area contributed by atoms with E-state index in [1.54, 1.807) is 6.07 Å². The van der Waals surface area contributed by atoms with Crippen molar-refractivity contribution in [2.75, 3.05) is 0 Å². The average Bonchev–Trinajstić information content (AvgIpc) is 2.42. The van der Waals surface area contributed by atoms with Crippen LogP contribution in [-0.4, -0.2) is 6.04 Å². The minimum absolute atomic E-state index is 0.136. The summed E-state index contributed by atoms with van der Waals surface area (Å²) < 4.78 is 13.0. The molecular weight excluding hydrogens is 261 g/mol. The van der Waals surface area contributed by atoms with Crippen LogP contribution in [0, 0.1) is 17.7 Å². The summed E-state index contributed by atoms with van der Waals surface area (Å²) in [6.07, 6.45) is 7.08. The number of halogens is 2. The van der Waals surface area contributed by atoms with Gasteiger partial charge in [0.1, 0.15) is 5.82 Å². The normalized spacial score (nSPS) is 25.3. The van der Waals surface area contributed by atoms with E-state index < -0.39 is 0 Å². The molecule has 106 valence electrons. The largest absolute Gasteiger partial charge is 0.327 e. The number of nitrogens with two attached hydrogens (primary N) is 1. The van der Waals surface area contributed by atoms with Gasteiger partial charge in [0.15, 0.2) is 0 Å². The van der Waals surface area contributed by atoms with Gasteiger partial charge in [-0.3, -0.25) is 0 Å². The molecule has 1 nitrogen and oxygen atoms in total. The summed E-state index contributed by atoms with van der Waals surface area (Å²) in [7, 11) is 0. The molecule has 3 atom stereocenters. The topological polar surface area (TPSA) is 26.0 Å². The van der Waals surface area contributed by atoms with Crippen LogP contribution in [0.5, 0.6) is 0 Å². The van der Waals surface area contributed by atoms with Crippen LogP contribution < -0.4 is 5.73 Å². The van der Waals surface area contributed by atoms with Crippen molar-refractivity contribution in [2.24, 2.45) is 17.6 Å². The van der Waals surface area contributed by atoms with Gasteiger partial charge >= 0.3 is 0 Å². The number of hydrogen-bond acceptors (Lipinski definition) is 1. The zero-order valence-corrected chi connectivity index (χ0v) is 12.3. The van der Waals surface area contributed by atoms with Crippen molar-refractivity contribution in [3.05, 3.63) is 34.6 Å². The van der Waals surface area contributed by atoms with Crippen molar-refractivity contribution < 1.29 is 4.39 Å². The van der Waals surface area contributed by atoms with Crippen LogP contribution in [0.4, 0.5) is 4.39 Å². The molecule has 1 aliphatic rings. The molecule has 0 saturated heterocycles. The molecule has 0 radical (unpaired) electrons. The first-order valence-corrected chi connectivity index (χ1v) is 7.67. The Hall–Kier alpha value is -0.600. The van der Waals surface area contributed by atoms with Gasteiger partial charge < -0.3 is 5.73 Å². The van der Waals surface area contributed by atoms with Crippen molar-refractivity contribution in [3.8, 4) is 0 Å². The van der Waals surface area contributed by atoms with E-state index in [1.165, 1.54) is 44.2 Å². The van der Waals surface area contributed by atoms with Crippen LogP contribution in [-0.2, 0) is 6.42 Å². The first kappa shape index (κ1) is 14.8. The zero-order valence-electron chi connectivity index (χ0n) is 11.5. The van der Waals surface area contributed by atoms with Gasteiger partial charge in [-0.1, -0.05) is 43.9 Å². The Kier molecular flexibility index (Phi) is 5.23. The van der Waals surface area contributed by atoms with Gasteiger partial charge in [-0.25, -0.2) is 4.39 Å². The van der Waals surface area contributed by atoms with Gasteiger partial charge in [0.2, 0.25) is 0 Å². The monoisotopic (exact) mass is 283 g/mol. The van der Waals surface area contributed by atoms with Gasteiger partial charge in [-0.2, -0.15) is 0 Å². The van der Waals surface area contributed by atoms with E-state index in [2.05, 4.69) is 6.92 Å². The molecule has 0 amide bonds. The Balaban J connectivity index is 1.98. The Morgan fingerprint density at radius 3 is 2.89 bits per heavy atom. The number of rotatable bonds is 4. The second-order valence-electron chi connectivity index (χ2n) is 5.80. The lowest BCUT2D eigenvalue weighted by molar-refractivity contribution is 0.228. The third-order valence-corrected chi connectivity index (χ3v) is 4.83. The van der Waals surface area contributed by atoms with Crippen molar-refractivity contribution in [1.29, 1.82) is 0 Å². The highest BCUT2D eigenvalue weighted by Crippen LogP contribution is 2.33. The Bertz CT molecular complexity index is 421. The van der Waals surface area contributed by atoms with Crippen molar-refractivity contribution in [3.63, 3.8) is 0 Å².